The molecule has 0 bridgehead atoms. The van der Waals surface area contributed by atoms with Crippen LogP contribution in [0.5, 0.6) is 5.75 Å². The van der Waals surface area contributed by atoms with Crippen LogP contribution >= 0.6 is 0 Å². The molecule has 2 aliphatic heterocycles. The Morgan fingerprint density at radius 2 is 1.79 bits per heavy atom. The van der Waals surface area contributed by atoms with Gasteiger partial charge < -0.3 is 19.1 Å². The first-order valence-electron chi connectivity index (χ1n) is 11.9. The van der Waals surface area contributed by atoms with Crippen molar-refractivity contribution in [1.29, 1.82) is 0 Å². The van der Waals surface area contributed by atoms with Crippen LogP contribution in [0.1, 0.15) is 18.7 Å². The Hall–Kier alpha value is -3.06. The number of carbonyl (C=O) groups excluding carboxylic acids is 1. The summed E-state index contributed by atoms with van der Waals surface area (Å²) >= 11 is 0. The van der Waals surface area contributed by atoms with Gasteiger partial charge in [0.25, 0.3) is 0 Å². The number of likely N-dealkylation sites (tertiary alicyclic amines) is 1. The maximum atomic E-state index is 13.3. The number of piperidine rings is 1. The molecule has 174 valence electrons. The Morgan fingerprint density at radius 3 is 2.52 bits per heavy atom. The van der Waals surface area contributed by atoms with E-state index >= 15 is 0 Å². The number of piperazine rings is 1. The smallest absolute Gasteiger partial charge is 0.227 e. The highest BCUT2D eigenvalue weighted by atomic mass is 16.5. The van der Waals surface area contributed by atoms with E-state index in [9.17, 15) is 4.79 Å². The number of nitrogens with zero attached hydrogens (tertiary/aromatic N) is 5. The molecule has 7 heteroatoms. The average molecular weight is 448 g/mol. The summed E-state index contributed by atoms with van der Waals surface area (Å²) in [6, 6.07) is 16.4. The van der Waals surface area contributed by atoms with Gasteiger partial charge in [-0.25, -0.2) is 4.98 Å². The minimum atomic E-state index is 0.0842. The van der Waals surface area contributed by atoms with Gasteiger partial charge in [-0.15, -0.1) is 0 Å². The van der Waals surface area contributed by atoms with Gasteiger partial charge in [0.2, 0.25) is 5.91 Å². The van der Waals surface area contributed by atoms with E-state index in [0.717, 1.165) is 81.3 Å². The summed E-state index contributed by atoms with van der Waals surface area (Å²) in [6.07, 6.45) is 2.04. The molecule has 7 nitrogen and oxygen atoms in total. The van der Waals surface area contributed by atoms with Crippen LogP contribution in [-0.4, -0.2) is 71.6 Å². The lowest BCUT2D eigenvalue weighted by Crippen LogP contribution is -2.52. The minimum absolute atomic E-state index is 0.0842. The molecule has 3 heterocycles. The second kappa shape index (κ2) is 9.43. The van der Waals surface area contributed by atoms with E-state index in [0.29, 0.717) is 5.91 Å². The van der Waals surface area contributed by atoms with Gasteiger partial charge in [0.1, 0.15) is 11.6 Å². The predicted molar refractivity (Wildman–Crippen MR) is 131 cm³/mol. The van der Waals surface area contributed by atoms with E-state index in [2.05, 4.69) is 56.6 Å². The zero-order valence-corrected chi connectivity index (χ0v) is 19.6. The SMILES string of the molecule is COc1ccc(N2CCN(C(=O)[C@@H]3CCCN(Cc4nc5ccccc5n4C)C3)CC2)cc1. The van der Waals surface area contributed by atoms with Crippen LogP contribution in [0.2, 0.25) is 0 Å². The molecule has 0 N–H and O–H groups in total. The van der Waals surface area contributed by atoms with Gasteiger partial charge in [0, 0.05) is 45.5 Å². The van der Waals surface area contributed by atoms with Crippen molar-refractivity contribution in [1.82, 2.24) is 19.4 Å². The molecule has 2 aromatic carbocycles. The first-order chi connectivity index (χ1) is 16.1. The predicted octanol–water partition coefficient (Wildman–Crippen LogP) is 3.14. The molecule has 1 aromatic heterocycles. The zero-order valence-electron chi connectivity index (χ0n) is 19.6. The Morgan fingerprint density at radius 1 is 1.03 bits per heavy atom. The fraction of sp³-hybridized carbons (Fsp3) is 0.462. The van der Waals surface area contributed by atoms with Crippen LogP contribution in [0.15, 0.2) is 48.5 Å². The number of anilines is 1. The maximum Gasteiger partial charge on any atom is 0.227 e. The summed E-state index contributed by atoms with van der Waals surface area (Å²) < 4.78 is 7.44. The third-order valence-corrected chi connectivity index (χ3v) is 7.13. The normalized spacial score (nSPS) is 19.8. The van der Waals surface area contributed by atoms with Gasteiger partial charge in [0.05, 0.1) is 30.6 Å². The summed E-state index contributed by atoms with van der Waals surface area (Å²) in [7, 11) is 3.77. The lowest BCUT2D eigenvalue weighted by Gasteiger charge is -2.39. The zero-order chi connectivity index (χ0) is 22.8. The van der Waals surface area contributed by atoms with Crippen LogP contribution in [0.3, 0.4) is 0 Å². The highest BCUT2D eigenvalue weighted by Gasteiger charge is 2.31. The van der Waals surface area contributed by atoms with Crippen molar-refractivity contribution in [3.05, 3.63) is 54.4 Å². The molecule has 2 aliphatic rings. The number of benzene rings is 2. The topological polar surface area (TPSA) is 53.8 Å². The number of carbonyl (C=O) groups is 1. The molecule has 2 fully saturated rings. The van der Waals surface area contributed by atoms with Crippen LogP contribution in [-0.2, 0) is 18.4 Å². The van der Waals surface area contributed by atoms with E-state index in [1.165, 1.54) is 5.69 Å². The molecule has 5 rings (SSSR count). The van der Waals surface area contributed by atoms with Crippen molar-refractivity contribution in [3.8, 4) is 5.75 Å². The molecule has 3 aromatic rings. The van der Waals surface area contributed by atoms with Gasteiger partial charge in [-0.2, -0.15) is 0 Å². The number of fused-ring (bicyclic) bond motifs is 1. The number of hydrogen-bond acceptors (Lipinski definition) is 5. The molecule has 0 spiro atoms. The van der Waals surface area contributed by atoms with E-state index in [-0.39, 0.29) is 5.92 Å². The fourth-order valence-corrected chi connectivity index (χ4v) is 5.17. The number of rotatable bonds is 5. The first kappa shape index (κ1) is 21.8. The molecule has 0 radical (unpaired) electrons. The monoisotopic (exact) mass is 447 g/mol. The molecule has 0 aliphatic carbocycles. The van der Waals surface area contributed by atoms with Crippen LogP contribution in [0.25, 0.3) is 11.0 Å². The van der Waals surface area contributed by atoms with Crippen molar-refractivity contribution < 1.29 is 9.53 Å². The molecule has 1 atom stereocenters. The third-order valence-electron chi connectivity index (χ3n) is 7.13. The second-order valence-corrected chi connectivity index (χ2v) is 9.16. The number of aromatic nitrogens is 2. The van der Waals surface area contributed by atoms with Gasteiger partial charge in [-0.1, -0.05) is 12.1 Å². The Bertz CT molecular complexity index is 1100. The highest BCUT2D eigenvalue weighted by Crippen LogP contribution is 2.24. The molecule has 0 unspecified atom stereocenters. The summed E-state index contributed by atoms with van der Waals surface area (Å²) in [5, 5.41) is 0. The number of ether oxygens (including phenoxy) is 1. The van der Waals surface area contributed by atoms with Crippen molar-refractivity contribution >= 4 is 22.6 Å². The Balaban J connectivity index is 1.17. The highest BCUT2D eigenvalue weighted by molar-refractivity contribution is 5.79. The summed E-state index contributed by atoms with van der Waals surface area (Å²) in [6.45, 7) is 5.94. The number of amides is 1. The van der Waals surface area contributed by atoms with E-state index in [4.69, 9.17) is 9.72 Å². The van der Waals surface area contributed by atoms with Gasteiger partial charge in [-0.05, 0) is 55.8 Å². The number of imidazole rings is 1. The van der Waals surface area contributed by atoms with Crippen molar-refractivity contribution in [2.24, 2.45) is 13.0 Å². The fourth-order valence-electron chi connectivity index (χ4n) is 5.17. The Labute approximate surface area is 195 Å². The lowest BCUT2D eigenvalue weighted by molar-refractivity contribution is -0.137. The maximum absolute atomic E-state index is 13.3. The quantitative estimate of drug-likeness (QED) is 0.602. The third kappa shape index (κ3) is 4.55. The molecule has 1 amide bonds. The number of methoxy groups -OCH3 is 1. The van der Waals surface area contributed by atoms with Crippen LogP contribution < -0.4 is 9.64 Å². The van der Waals surface area contributed by atoms with Crippen molar-refractivity contribution in [2.75, 3.05) is 51.3 Å². The largest absolute Gasteiger partial charge is 0.497 e. The van der Waals surface area contributed by atoms with E-state index in [1.807, 2.05) is 18.2 Å². The van der Waals surface area contributed by atoms with Gasteiger partial charge in [-0.3, -0.25) is 9.69 Å². The first-order valence-corrected chi connectivity index (χ1v) is 11.9. The summed E-state index contributed by atoms with van der Waals surface area (Å²) in [5.74, 6) is 2.34. The second-order valence-electron chi connectivity index (χ2n) is 9.16. The molecular formula is C26H33N5O2. The number of aryl methyl sites for hydroxylation is 1. The average Bonchev–Trinajstić information content (AvgIpc) is 3.19. The van der Waals surface area contributed by atoms with Gasteiger partial charge in [0.15, 0.2) is 0 Å². The van der Waals surface area contributed by atoms with Crippen molar-refractivity contribution in [2.45, 2.75) is 19.4 Å². The van der Waals surface area contributed by atoms with Crippen LogP contribution in [0.4, 0.5) is 5.69 Å². The molecule has 0 saturated carbocycles. The van der Waals surface area contributed by atoms with E-state index in [1.54, 1.807) is 7.11 Å². The van der Waals surface area contributed by atoms with E-state index < -0.39 is 0 Å². The molecule has 2 saturated heterocycles. The summed E-state index contributed by atoms with van der Waals surface area (Å²) in [4.78, 5) is 25.0. The Kier molecular flexibility index (Phi) is 6.22. The van der Waals surface area contributed by atoms with Gasteiger partial charge >= 0.3 is 0 Å². The molecule has 33 heavy (non-hydrogen) atoms. The number of hydrogen-bond donors (Lipinski definition) is 0. The lowest BCUT2D eigenvalue weighted by atomic mass is 9.96. The minimum Gasteiger partial charge on any atom is -0.497 e. The van der Waals surface area contributed by atoms with Crippen molar-refractivity contribution in [3.63, 3.8) is 0 Å². The molecular weight excluding hydrogens is 414 g/mol. The van der Waals surface area contributed by atoms with Crippen LogP contribution in [0, 0.1) is 5.92 Å². The summed E-state index contributed by atoms with van der Waals surface area (Å²) in [5.41, 5.74) is 3.38. The standard InChI is InChI=1S/C26H33N5O2/c1-28-24-8-4-3-7-23(24)27-25(28)19-29-13-5-6-20(18-29)26(32)31-16-14-30(15-17-31)21-9-11-22(33-2)12-10-21/h3-4,7-12,20H,5-6,13-19H2,1-2H3/t20-/m1/s1. The number of para-hydroxylation sites is 2.